The van der Waals surface area contributed by atoms with Gasteiger partial charge < -0.3 is 10.0 Å². The second-order valence-electron chi connectivity index (χ2n) is 7.19. The molecule has 156 valence electrons. The third-order valence-corrected chi connectivity index (χ3v) is 5.68. The van der Waals surface area contributed by atoms with Crippen molar-refractivity contribution in [1.82, 2.24) is 10.0 Å². The Kier molecular flexibility index (Phi) is 7.91. The van der Waals surface area contributed by atoms with Gasteiger partial charge in [-0.05, 0) is 74.0 Å². The molecule has 3 nitrogen and oxygen atoms in total. The van der Waals surface area contributed by atoms with E-state index in [0.29, 0.717) is 12.8 Å². The molecule has 1 aliphatic rings. The molecule has 0 radical (unpaired) electrons. The minimum Gasteiger partial charge on any atom is -0.353 e. The molecule has 0 fully saturated rings. The van der Waals surface area contributed by atoms with E-state index >= 15 is 0 Å². The van der Waals surface area contributed by atoms with Crippen LogP contribution in [0.3, 0.4) is 0 Å². The number of allylic oxidation sites excluding steroid dienone is 4. The van der Waals surface area contributed by atoms with Crippen LogP contribution >= 0.6 is 11.9 Å². The summed E-state index contributed by atoms with van der Waals surface area (Å²) in [6, 6.07) is 18.2. The highest BCUT2D eigenvalue weighted by atomic mass is 32.2. The number of aryl methyl sites for hydroxylation is 1. The van der Waals surface area contributed by atoms with Crippen LogP contribution in [-0.4, -0.2) is 5.84 Å². The topological polar surface area (TPSA) is 36.4 Å². The van der Waals surface area contributed by atoms with Crippen molar-refractivity contribution in [2.24, 2.45) is 4.99 Å². The quantitative estimate of drug-likeness (QED) is 0.284. The van der Waals surface area contributed by atoms with E-state index in [9.17, 15) is 4.39 Å². The molecule has 0 spiro atoms. The first-order chi connectivity index (χ1) is 14.6. The first kappa shape index (κ1) is 21.9. The van der Waals surface area contributed by atoms with E-state index in [1.807, 2.05) is 67.6 Å². The Morgan fingerprint density at radius 3 is 2.53 bits per heavy atom. The van der Waals surface area contributed by atoms with Crippen LogP contribution in [0.2, 0.25) is 0 Å². The van der Waals surface area contributed by atoms with Gasteiger partial charge >= 0.3 is 0 Å². The summed E-state index contributed by atoms with van der Waals surface area (Å²) < 4.78 is 17.3. The lowest BCUT2D eigenvalue weighted by Gasteiger charge is -2.20. The number of hydrogen-bond acceptors (Lipinski definition) is 3. The standard InChI is InChI=1S/C25H28FN3S/c1-4-18(2)24(27-21-13-10-12-20(26)17-21)25(28-23-16-9-8-11-19(23)3)29-30-22-14-6-5-7-15-22/h5-9,11,13-17,27H,4,10,12H2,1-3H3,(H,28,29)/b24-18-. The van der Waals surface area contributed by atoms with Crippen molar-refractivity contribution in [2.45, 2.75) is 44.9 Å². The number of nitrogens with one attached hydrogen (secondary N) is 2. The van der Waals surface area contributed by atoms with Crippen LogP contribution in [0.1, 0.15) is 38.7 Å². The molecule has 30 heavy (non-hydrogen) atoms. The third-order valence-electron chi connectivity index (χ3n) is 4.88. The minimum atomic E-state index is -0.0995. The number of benzene rings is 2. The second kappa shape index (κ2) is 10.8. The molecule has 0 atom stereocenters. The molecule has 0 heterocycles. The van der Waals surface area contributed by atoms with Crippen molar-refractivity contribution in [2.75, 3.05) is 0 Å². The lowest BCUT2D eigenvalue weighted by molar-refractivity contribution is 0.582. The molecule has 3 rings (SSSR count). The predicted octanol–water partition coefficient (Wildman–Crippen LogP) is 7.13. The molecule has 0 amide bonds. The van der Waals surface area contributed by atoms with Crippen molar-refractivity contribution in [1.29, 1.82) is 0 Å². The van der Waals surface area contributed by atoms with Gasteiger partial charge in [0.15, 0.2) is 5.84 Å². The van der Waals surface area contributed by atoms with Gasteiger partial charge in [0.05, 0.1) is 11.4 Å². The van der Waals surface area contributed by atoms with Gasteiger partial charge in [-0.15, -0.1) is 0 Å². The highest BCUT2D eigenvalue weighted by molar-refractivity contribution is 7.98. The summed E-state index contributed by atoms with van der Waals surface area (Å²) in [6.07, 6.45) is 5.61. The van der Waals surface area contributed by atoms with E-state index in [1.54, 1.807) is 6.08 Å². The highest BCUT2D eigenvalue weighted by Crippen LogP contribution is 2.23. The summed E-state index contributed by atoms with van der Waals surface area (Å²) in [5.74, 6) is 0.621. The molecule has 2 aromatic carbocycles. The first-order valence-corrected chi connectivity index (χ1v) is 11.0. The molecule has 0 aliphatic heterocycles. The fourth-order valence-electron chi connectivity index (χ4n) is 2.98. The van der Waals surface area contributed by atoms with Crippen LogP contribution in [0.4, 0.5) is 10.1 Å². The van der Waals surface area contributed by atoms with Crippen molar-refractivity contribution in [3.05, 3.63) is 95.1 Å². The lowest BCUT2D eigenvalue weighted by Crippen LogP contribution is -2.29. The lowest BCUT2D eigenvalue weighted by atomic mass is 10.1. The Labute approximate surface area is 183 Å². The average Bonchev–Trinajstić information content (AvgIpc) is 2.76. The van der Waals surface area contributed by atoms with E-state index in [-0.39, 0.29) is 5.83 Å². The Morgan fingerprint density at radius 1 is 1.10 bits per heavy atom. The summed E-state index contributed by atoms with van der Waals surface area (Å²) >= 11 is 1.51. The van der Waals surface area contributed by atoms with E-state index in [0.717, 1.165) is 45.4 Å². The molecule has 0 aromatic heterocycles. The summed E-state index contributed by atoms with van der Waals surface area (Å²) in [4.78, 5) is 6.04. The maximum absolute atomic E-state index is 13.9. The van der Waals surface area contributed by atoms with Crippen LogP contribution < -0.4 is 10.0 Å². The number of hydrogen-bond donors (Lipinski definition) is 2. The molecular formula is C25H28FN3S. The van der Waals surface area contributed by atoms with Gasteiger partial charge in [0.1, 0.15) is 5.83 Å². The van der Waals surface area contributed by atoms with Crippen molar-refractivity contribution >= 4 is 23.5 Å². The van der Waals surface area contributed by atoms with Crippen molar-refractivity contribution in [3.63, 3.8) is 0 Å². The number of amidine groups is 1. The molecule has 0 saturated carbocycles. The minimum absolute atomic E-state index is 0.0995. The monoisotopic (exact) mass is 421 g/mol. The second-order valence-corrected chi connectivity index (χ2v) is 8.07. The maximum Gasteiger partial charge on any atom is 0.160 e. The van der Waals surface area contributed by atoms with E-state index in [4.69, 9.17) is 4.99 Å². The van der Waals surface area contributed by atoms with Gasteiger partial charge in [0.25, 0.3) is 0 Å². The normalized spacial score (nSPS) is 15.1. The highest BCUT2D eigenvalue weighted by Gasteiger charge is 2.15. The molecule has 2 N–H and O–H groups in total. The molecule has 5 heteroatoms. The number of rotatable bonds is 7. The van der Waals surface area contributed by atoms with E-state index < -0.39 is 0 Å². The van der Waals surface area contributed by atoms with Gasteiger partial charge in [-0.25, -0.2) is 9.38 Å². The molecule has 0 bridgehead atoms. The van der Waals surface area contributed by atoms with Crippen LogP contribution in [0.15, 0.2) is 99.4 Å². The van der Waals surface area contributed by atoms with Crippen molar-refractivity contribution in [3.8, 4) is 0 Å². The van der Waals surface area contributed by atoms with Crippen LogP contribution in [-0.2, 0) is 0 Å². The smallest absolute Gasteiger partial charge is 0.160 e. The zero-order chi connectivity index (χ0) is 21.3. The van der Waals surface area contributed by atoms with E-state index in [1.165, 1.54) is 11.9 Å². The fraction of sp³-hybridized carbons (Fsp3) is 0.240. The summed E-state index contributed by atoms with van der Waals surface area (Å²) in [6.45, 7) is 6.23. The zero-order valence-corrected chi connectivity index (χ0v) is 18.5. The van der Waals surface area contributed by atoms with Crippen LogP contribution in [0.25, 0.3) is 0 Å². The van der Waals surface area contributed by atoms with Gasteiger partial charge in [-0.1, -0.05) is 49.4 Å². The fourth-order valence-corrected chi connectivity index (χ4v) is 3.63. The SMILES string of the molecule is CC/C(C)=C(\NC1=CCCC(F)=C1)C(=Nc1ccccc1C)NSc1ccccc1. The van der Waals surface area contributed by atoms with Crippen LogP contribution in [0.5, 0.6) is 0 Å². The summed E-state index contributed by atoms with van der Waals surface area (Å²) in [5, 5.41) is 3.43. The molecule has 0 unspecified atom stereocenters. The zero-order valence-electron chi connectivity index (χ0n) is 17.7. The Morgan fingerprint density at radius 2 is 1.83 bits per heavy atom. The van der Waals surface area contributed by atoms with Crippen molar-refractivity contribution < 1.29 is 4.39 Å². The maximum atomic E-state index is 13.9. The van der Waals surface area contributed by atoms with Gasteiger partial charge in [0, 0.05) is 17.0 Å². The Bertz CT molecular complexity index is 990. The third kappa shape index (κ3) is 6.10. The average molecular weight is 422 g/mol. The molecular weight excluding hydrogens is 393 g/mol. The summed E-state index contributed by atoms with van der Waals surface area (Å²) in [7, 11) is 0. The Hall–Kier alpha value is -2.79. The Balaban J connectivity index is 1.98. The predicted molar refractivity (Wildman–Crippen MR) is 126 cm³/mol. The molecule has 2 aromatic rings. The summed E-state index contributed by atoms with van der Waals surface area (Å²) in [5.41, 5.74) is 4.78. The van der Waals surface area contributed by atoms with Gasteiger partial charge in [-0.2, -0.15) is 0 Å². The number of nitrogens with zero attached hydrogens (tertiary/aromatic N) is 1. The van der Waals surface area contributed by atoms with Gasteiger partial charge in [-0.3, -0.25) is 0 Å². The number of aliphatic imine (C=N–C) groups is 1. The molecule has 0 saturated heterocycles. The number of halogens is 1. The first-order valence-electron chi connectivity index (χ1n) is 10.2. The van der Waals surface area contributed by atoms with Crippen LogP contribution in [0, 0.1) is 6.92 Å². The molecule has 1 aliphatic carbocycles. The number of para-hydroxylation sites is 1. The van der Waals surface area contributed by atoms with Gasteiger partial charge in [0.2, 0.25) is 0 Å². The van der Waals surface area contributed by atoms with E-state index in [2.05, 4.69) is 23.9 Å². The largest absolute Gasteiger partial charge is 0.353 e.